The van der Waals surface area contributed by atoms with Crippen LogP contribution in [-0.4, -0.2) is 34.0 Å². The molecule has 0 heterocycles. The highest BCUT2D eigenvalue weighted by atomic mass is 32.2. The van der Waals surface area contributed by atoms with E-state index in [0.29, 0.717) is 5.92 Å². The summed E-state index contributed by atoms with van der Waals surface area (Å²) in [6.45, 7) is 0.239. The van der Waals surface area contributed by atoms with Gasteiger partial charge in [0.15, 0.2) is 0 Å². The van der Waals surface area contributed by atoms with Crippen LogP contribution < -0.4 is 20.9 Å². The maximum absolute atomic E-state index is 12.3. The SMILES string of the molecule is COc1ccc(S(=O)(=O)NC(CN)C2CC2)cc1C(N)=O. The Bertz CT molecular complexity index is 641. The van der Waals surface area contributed by atoms with E-state index in [0.717, 1.165) is 12.8 Å². The third kappa shape index (κ3) is 3.52. The molecule has 1 aliphatic carbocycles. The summed E-state index contributed by atoms with van der Waals surface area (Å²) >= 11 is 0. The lowest BCUT2D eigenvalue weighted by Gasteiger charge is -2.17. The van der Waals surface area contributed by atoms with Crippen LogP contribution in [0.5, 0.6) is 5.75 Å². The molecule has 0 spiro atoms. The quantitative estimate of drug-likeness (QED) is 0.643. The zero-order valence-corrected chi connectivity index (χ0v) is 12.5. The fourth-order valence-electron chi connectivity index (χ4n) is 2.15. The van der Waals surface area contributed by atoms with Crippen molar-refractivity contribution >= 4 is 15.9 Å². The van der Waals surface area contributed by atoms with Crippen LogP contribution in [0.1, 0.15) is 23.2 Å². The molecule has 8 heteroatoms. The number of methoxy groups -OCH3 is 1. The van der Waals surface area contributed by atoms with Crippen molar-refractivity contribution in [2.24, 2.45) is 17.4 Å². The van der Waals surface area contributed by atoms with Crippen LogP contribution in [0.2, 0.25) is 0 Å². The highest BCUT2D eigenvalue weighted by molar-refractivity contribution is 7.89. The molecule has 1 unspecified atom stereocenters. The molecule has 2 rings (SSSR count). The summed E-state index contributed by atoms with van der Waals surface area (Å²) in [5.41, 5.74) is 10.9. The average Bonchev–Trinajstić information content (AvgIpc) is 3.28. The van der Waals surface area contributed by atoms with E-state index in [1.54, 1.807) is 0 Å². The standard InChI is InChI=1S/C13H19N3O4S/c1-20-12-5-4-9(6-10(12)13(15)17)21(18,19)16-11(7-14)8-2-3-8/h4-6,8,11,16H,2-3,7,14H2,1H3,(H2,15,17). The average molecular weight is 313 g/mol. The maximum Gasteiger partial charge on any atom is 0.252 e. The van der Waals surface area contributed by atoms with E-state index in [1.807, 2.05) is 0 Å². The highest BCUT2D eigenvalue weighted by Crippen LogP contribution is 2.33. The Morgan fingerprint density at radius 1 is 1.48 bits per heavy atom. The lowest BCUT2D eigenvalue weighted by Crippen LogP contribution is -2.41. The molecule has 1 aromatic carbocycles. The second-order valence-electron chi connectivity index (χ2n) is 5.03. The van der Waals surface area contributed by atoms with Gasteiger partial charge in [0.2, 0.25) is 10.0 Å². The first-order valence-electron chi connectivity index (χ1n) is 6.59. The Kier molecular flexibility index (Phi) is 4.50. The number of ether oxygens (including phenoxy) is 1. The van der Waals surface area contributed by atoms with Gasteiger partial charge in [0, 0.05) is 12.6 Å². The smallest absolute Gasteiger partial charge is 0.252 e. The minimum Gasteiger partial charge on any atom is -0.496 e. The molecule has 1 amide bonds. The minimum atomic E-state index is -3.75. The summed E-state index contributed by atoms with van der Waals surface area (Å²) in [7, 11) is -2.37. The van der Waals surface area contributed by atoms with E-state index in [4.69, 9.17) is 16.2 Å². The third-order valence-electron chi connectivity index (χ3n) is 3.50. The summed E-state index contributed by atoms with van der Waals surface area (Å²) in [5, 5.41) is 0. The van der Waals surface area contributed by atoms with Crippen LogP contribution >= 0.6 is 0 Å². The van der Waals surface area contributed by atoms with Gasteiger partial charge < -0.3 is 16.2 Å². The van der Waals surface area contributed by atoms with Gasteiger partial charge in [-0.05, 0) is 37.0 Å². The van der Waals surface area contributed by atoms with Crippen LogP contribution in [-0.2, 0) is 10.0 Å². The number of benzene rings is 1. The Labute approximate surface area is 123 Å². The third-order valence-corrected chi connectivity index (χ3v) is 4.99. The van der Waals surface area contributed by atoms with Crippen molar-refractivity contribution in [2.45, 2.75) is 23.8 Å². The largest absolute Gasteiger partial charge is 0.496 e. The predicted molar refractivity (Wildman–Crippen MR) is 77.4 cm³/mol. The lowest BCUT2D eigenvalue weighted by molar-refractivity contribution is 0.0997. The Morgan fingerprint density at radius 2 is 2.14 bits per heavy atom. The van der Waals surface area contributed by atoms with Crippen molar-refractivity contribution in [3.05, 3.63) is 23.8 Å². The molecule has 1 fully saturated rings. The lowest BCUT2D eigenvalue weighted by atomic mass is 10.2. The second kappa shape index (κ2) is 6.00. The van der Waals surface area contributed by atoms with Gasteiger partial charge in [0.25, 0.3) is 5.91 Å². The first-order chi connectivity index (χ1) is 9.89. The molecule has 5 N–H and O–H groups in total. The molecule has 0 radical (unpaired) electrons. The van der Waals surface area contributed by atoms with Crippen molar-refractivity contribution in [1.29, 1.82) is 0 Å². The summed E-state index contributed by atoms with van der Waals surface area (Å²) in [6.07, 6.45) is 1.94. The molecular weight excluding hydrogens is 294 g/mol. The number of sulfonamides is 1. The van der Waals surface area contributed by atoms with Crippen LogP contribution in [0.25, 0.3) is 0 Å². The normalized spacial score (nSPS) is 16.5. The van der Waals surface area contributed by atoms with E-state index >= 15 is 0 Å². The van der Waals surface area contributed by atoms with Crippen molar-refractivity contribution in [3.8, 4) is 5.75 Å². The number of hydrogen-bond donors (Lipinski definition) is 3. The monoisotopic (exact) mass is 313 g/mol. The van der Waals surface area contributed by atoms with Gasteiger partial charge in [-0.2, -0.15) is 0 Å². The fraction of sp³-hybridized carbons (Fsp3) is 0.462. The number of amides is 1. The molecule has 116 valence electrons. The second-order valence-corrected chi connectivity index (χ2v) is 6.74. The number of hydrogen-bond acceptors (Lipinski definition) is 5. The molecule has 21 heavy (non-hydrogen) atoms. The fourth-order valence-corrected chi connectivity index (χ4v) is 3.49. The van der Waals surface area contributed by atoms with Crippen LogP contribution in [0, 0.1) is 5.92 Å². The number of nitrogens with one attached hydrogen (secondary N) is 1. The molecule has 0 saturated heterocycles. The zero-order valence-electron chi connectivity index (χ0n) is 11.7. The Hall–Kier alpha value is -1.64. The van der Waals surface area contributed by atoms with Crippen molar-refractivity contribution in [3.63, 3.8) is 0 Å². The summed E-state index contributed by atoms with van der Waals surface area (Å²) in [5.74, 6) is -0.223. The van der Waals surface area contributed by atoms with Crippen LogP contribution in [0.4, 0.5) is 0 Å². The van der Waals surface area contributed by atoms with E-state index in [9.17, 15) is 13.2 Å². The van der Waals surface area contributed by atoms with Gasteiger partial charge in [-0.3, -0.25) is 4.79 Å². The van der Waals surface area contributed by atoms with E-state index in [-0.39, 0.29) is 28.8 Å². The summed E-state index contributed by atoms with van der Waals surface area (Å²) < 4.78 is 32.3. The van der Waals surface area contributed by atoms with E-state index < -0.39 is 15.9 Å². The summed E-state index contributed by atoms with van der Waals surface area (Å²) in [4.78, 5) is 11.3. The molecule has 0 bridgehead atoms. The predicted octanol–water partition coefficient (Wildman–Crippen LogP) is -0.190. The van der Waals surface area contributed by atoms with Crippen LogP contribution in [0.3, 0.4) is 0 Å². The number of rotatable bonds is 7. The first-order valence-corrected chi connectivity index (χ1v) is 8.07. The molecule has 0 aromatic heterocycles. The minimum absolute atomic E-state index is 0.0242. The molecule has 1 saturated carbocycles. The molecular formula is C13H19N3O4S. The van der Waals surface area contributed by atoms with Gasteiger partial charge in [-0.25, -0.2) is 13.1 Å². The van der Waals surface area contributed by atoms with Gasteiger partial charge in [0.05, 0.1) is 17.6 Å². The maximum atomic E-state index is 12.3. The Morgan fingerprint density at radius 3 is 2.62 bits per heavy atom. The molecule has 7 nitrogen and oxygen atoms in total. The zero-order chi connectivity index (χ0) is 15.6. The van der Waals surface area contributed by atoms with Gasteiger partial charge in [-0.1, -0.05) is 0 Å². The van der Waals surface area contributed by atoms with E-state index in [1.165, 1.54) is 25.3 Å². The molecule has 1 atom stereocenters. The molecule has 0 aliphatic heterocycles. The topological polar surface area (TPSA) is 125 Å². The number of nitrogens with two attached hydrogens (primary N) is 2. The molecule has 1 aliphatic rings. The Balaban J connectivity index is 2.31. The first kappa shape index (κ1) is 15.7. The van der Waals surface area contributed by atoms with Crippen molar-refractivity contribution in [2.75, 3.05) is 13.7 Å². The van der Waals surface area contributed by atoms with Crippen LogP contribution in [0.15, 0.2) is 23.1 Å². The van der Waals surface area contributed by atoms with Crippen molar-refractivity contribution < 1.29 is 17.9 Å². The number of primary amides is 1. The number of carbonyl (C=O) groups is 1. The van der Waals surface area contributed by atoms with Crippen molar-refractivity contribution in [1.82, 2.24) is 4.72 Å². The summed E-state index contributed by atoms with van der Waals surface area (Å²) in [6, 6.07) is 3.70. The van der Waals surface area contributed by atoms with Gasteiger partial charge >= 0.3 is 0 Å². The van der Waals surface area contributed by atoms with Gasteiger partial charge in [-0.15, -0.1) is 0 Å². The van der Waals surface area contributed by atoms with E-state index in [2.05, 4.69) is 4.72 Å². The van der Waals surface area contributed by atoms with Gasteiger partial charge in [0.1, 0.15) is 5.75 Å². The highest BCUT2D eigenvalue weighted by Gasteiger charge is 2.33. The molecule has 1 aromatic rings. The number of carbonyl (C=O) groups excluding carboxylic acids is 1.